The van der Waals surface area contributed by atoms with E-state index in [-0.39, 0.29) is 23.5 Å². The molecular weight excluding hydrogens is 256 g/mol. The first kappa shape index (κ1) is 14.4. The highest BCUT2D eigenvalue weighted by Crippen LogP contribution is 2.15. The van der Waals surface area contributed by atoms with Crippen molar-refractivity contribution in [2.24, 2.45) is 5.92 Å². The van der Waals surface area contributed by atoms with Gasteiger partial charge in [0.2, 0.25) is 11.8 Å². The molecule has 20 heavy (non-hydrogen) atoms. The van der Waals surface area contributed by atoms with Gasteiger partial charge in [0.1, 0.15) is 17.8 Å². The van der Waals surface area contributed by atoms with Crippen molar-refractivity contribution in [2.75, 3.05) is 0 Å². The maximum Gasteiger partial charge on any atom is 0.243 e. The number of piperazine rings is 1. The second-order valence-corrected chi connectivity index (χ2v) is 5.30. The van der Waals surface area contributed by atoms with E-state index < -0.39 is 12.1 Å². The maximum absolute atomic E-state index is 12.1. The molecule has 5 heteroatoms. The quantitative estimate of drug-likeness (QED) is 0.766. The molecule has 1 saturated heterocycles. The smallest absolute Gasteiger partial charge is 0.243 e. The van der Waals surface area contributed by atoms with Crippen LogP contribution < -0.4 is 10.6 Å². The number of aromatic hydroxyl groups is 1. The van der Waals surface area contributed by atoms with Crippen LogP contribution in [0.1, 0.15) is 25.8 Å². The van der Waals surface area contributed by atoms with Crippen molar-refractivity contribution in [1.29, 1.82) is 0 Å². The molecule has 2 amide bonds. The first-order valence-corrected chi connectivity index (χ1v) is 6.90. The molecule has 1 aromatic carbocycles. The molecule has 0 unspecified atom stereocenters. The monoisotopic (exact) mass is 276 g/mol. The van der Waals surface area contributed by atoms with Crippen LogP contribution in [0.15, 0.2) is 24.3 Å². The number of hydrogen-bond donors (Lipinski definition) is 3. The Bertz CT molecular complexity index is 498. The van der Waals surface area contributed by atoms with Crippen LogP contribution >= 0.6 is 0 Å². The Morgan fingerprint density at radius 2 is 1.80 bits per heavy atom. The summed E-state index contributed by atoms with van der Waals surface area (Å²) in [7, 11) is 0. The second kappa shape index (κ2) is 5.94. The fourth-order valence-electron chi connectivity index (χ4n) is 2.29. The van der Waals surface area contributed by atoms with Crippen molar-refractivity contribution in [2.45, 2.75) is 38.8 Å². The van der Waals surface area contributed by atoms with E-state index >= 15 is 0 Å². The van der Waals surface area contributed by atoms with Gasteiger partial charge < -0.3 is 15.7 Å². The molecule has 0 spiro atoms. The van der Waals surface area contributed by atoms with Gasteiger partial charge in [0.15, 0.2) is 0 Å². The van der Waals surface area contributed by atoms with E-state index in [2.05, 4.69) is 10.6 Å². The highest BCUT2D eigenvalue weighted by molar-refractivity contribution is 5.97. The molecule has 3 atom stereocenters. The zero-order chi connectivity index (χ0) is 14.7. The first-order chi connectivity index (χ1) is 9.51. The Balaban J connectivity index is 2.03. The van der Waals surface area contributed by atoms with E-state index in [1.165, 1.54) is 0 Å². The van der Waals surface area contributed by atoms with Gasteiger partial charge in [0.25, 0.3) is 0 Å². The highest BCUT2D eigenvalue weighted by Gasteiger charge is 2.35. The van der Waals surface area contributed by atoms with E-state index in [0.29, 0.717) is 6.42 Å². The van der Waals surface area contributed by atoms with Crippen molar-refractivity contribution in [3.63, 3.8) is 0 Å². The van der Waals surface area contributed by atoms with E-state index in [0.717, 1.165) is 12.0 Å². The summed E-state index contributed by atoms with van der Waals surface area (Å²) in [6.45, 7) is 3.94. The third-order valence-corrected chi connectivity index (χ3v) is 3.80. The molecule has 0 saturated carbocycles. The SMILES string of the molecule is CC[C@H](C)[C@@H]1NC(=O)[C@H](Cc2ccc(O)cc2)NC1=O. The molecule has 1 aliphatic rings. The lowest BCUT2D eigenvalue weighted by atomic mass is 9.94. The summed E-state index contributed by atoms with van der Waals surface area (Å²) in [5, 5.41) is 14.8. The Morgan fingerprint density at radius 1 is 1.15 bits per heavy atom. The van der Waals surface area contributed by atoms with Crippen LogP contribution in [0.3, 0.4) is 0 Å². The van der Waals surface area contributed by atoms with Gasteiger partial charge in [-0.2, -0.15) is 0 Å². The second-order valence-electron chi connectivity index (χ2n) is 5.30. The van der Waals surface area contributed by atoms with Crippen LogP contribution in [0.5, 0.6) is 5.75 Å². The number of amides is 2. The summed E-state index contributed by atoms with van der Waals surface area (Å²) in [6.07, 6.45) is 1.26. The van der Waals surface area contributed by atoms with E-state index in [9.17, 15) is 14.7 Å². The Morgan fingerprint density at radius 3 is 2.40 bits per heavy atom. The van der Waals surface area contributed by atoms with Crippen LogP contribution in [-0.4, -0.2) is 29.0 Å². The Kier molecular flexibility index (Phi) is 4.27. The number of phenolic OH excluding ortho intramolecular Hbond substituents is 1. The van der Waals surface area contributed by atoms with Gasteiger partial charge >= 0.3 is 0 Å². The van der Waals surface area contributed by atoms with E-state index in [1.54, 1.807) is 24.3 Å². The number of hydrogen-bond acceptors (Lipinski definition) is 3. The molecule has 1 aliphatic heterocycles. The molecule has 0 aliphatic carbocycles. The average molecular weight is 276 g/mol. The lowest BCUT2D eigenvalue weighted by molar-refractivity contribution is -0.138. The van der Waals surface area contributed by atoms with Gasteiger partial charge in [0.05, 0.1) is 0 Å². The minimum Gasteiger partial charge on any atom is -0.508 e. The fraction of sp³-hybridized carbons (Fsp3) is 0.467. The third-order valence-electron chi connectivity index (χ3n) is 3.80. The first-order valence-electron chi connectivity index (χ1n) is 6.90. The van der Waals surface area contributed by atoms with Crippen molar-refractivity contribution >= 4 is 11.8 Å². The van der Waals surface area contributed by atoms with Gasteiger partial charge in [-0.05, 0) is 23.6 Å². The molecular formula is C15H20N2O3. The molecule has 108 valence electrons. The van der Waals surface area contributed by atoms with Crippen LogP contribution in [-0.2, 0) is 16.0 Å². The maximum atomic E-state index is 12.1. The third kappa shape index (κ3) is 3.10. The summed E-state index contributed by atoms with van der Waals surface area (Å²) in [6, 6.07) is 5.64. The normalized spacial score (nSPS) is 23.9. The van der Waals surface area contributed by atoms with Crippen LogP contribution in [0.2, 0.25) is 0 Å². The summed E-state index contributed by atoms with van der Waals surface area (Å²) in [4.78, 5) is 24.1. The molecule has 1 aromatic rings. The minimum atomic E-state index is -0.549. The zero-order valence-electron chi connectivity index (χ0n) is 11.7. The van der Waals surface area contributed by atoms with Crippen molar-refractivity contribution in [1.82, 2.24) is 10.6 Å². The molecule has 1 fully saturated rings. The van der Waals surface area contributed by atoms with Crippen LogP contribution in [0.25, 0.3) is 0 Å². The molecule has 3 N–H and O–H groups in total. The lowest BCUT2D eigenvalue weighted by Crippen LogP contribution is -2.63. The fourth-order valence-corrected chi connectivity index (χ4v) is 2.29. The van der Waals surface area contributed by atoms with Gasteiger partial charge in [-0.3, -0.25) is 9.59 Å². The van der Waals surface area contributed by atoms with Gasteiger partial charge in [-0.1, -0.05) is 32.4 Å². The predicted octanol–water partition coefficient (Wildman–Crippen LogP) is 0.964. The molecule has 0 radical (unpaired) electrons. The molecule has 0 aromatic heterocycles. The van der Waals surface area contributed by atoms with Crippen molar-refractivity contribution < 1.29 is 14.7 Å². The Hall–Kier alpha value is -2.04. The Labute approximate surface area is 118 Å². The standard InChI is InChI=1S/C15H20N2O3/c1-3-9(2)13-15(20)16-12(14(19)17-13)8-10-4-6-11(18)7-5-10/h4-7,9,12-13,18H,3,8H2,1-2H3,(H,16,20)(H,17,19)/t9-,12-,13-/m0/s1. The highest BCUT2D eigenvalue weighted by atomic mass is 16.3. The topological polar surface area (TPSA) is 78.4 Å². The number of phenols is 1. The molecule has 2 rings (SSSR count). The van der Waals surface area contributed by atoms with E-state index in [4.69, 9.17) is 0 Å². The zero-order valence-corrected chi connectivity index (χ0v) is 11.7. The number of carbonyl (C=O) groups is 2. The number of carbonyl (C=O) groups excluding carboxylic acids is 2. The lowest BCUT2D eigenvalue weighted by Gasteiger charge is -2.32. The van der Waals surface area contributed by atoms with E-state index in [1.807, 2.05) is 13.8 Å². The van der Waals surface area contributed by atoms with Crippen LogP contribution in [0, 0.1) is 5.92 Å². The largest absolute Gasteiger partial charge is 0.508 e. The van der Waals surface area contributed by atoms with Gasteiger partial charge in [-0.15, -0.1) is 0 Å². The van der Waals surface area contributed by atoms with Crippen molar-refractivity contribution in [3.8, 4) is 5.75 Å². The molecule has 1 heterocycles. The molecule has 5 nitrogen and oxygen atoms in total. The minimum absolute atomic E-state index is 0.119. The predicted molar refractivity (Wildman–Crippen MR) is 75.1 cm³/mol. The van der Waals surface area contributed by atoms with Crippen LogP contribution in [0.4, 0.5) is 0 Å². The number of nitrogens with one attached hydrogen (secondary N) is 2. The average Bonchev–Trinajstić information content (AvgIpc) is 2.44. The summed E-state index contributed by atoms with van der Waals surface area (Å²) < 4.78 is 0. The van der Waals surface area contributed by atoms with Gasteiger partial charge in [0, 0.05) is 6.42 Å². The van der Waals surface area contributed by atoms with Crippen molar-refractivity contribution in [3.05, 3.63) is 29.8 Å². The summed E-state index contributed by atoms with van der Waals surface area (Å²) in [5.41, 5.74) is 0.894. The molecule has 0 bridgehead atoms. The number of rotatable bonds is 4. The summed E-state index contributed by atoms with van der Waals surface area (Å²) >= 11 is 0. The number of benzene rings is 1. The van der Waals surface area contributed by atoms with Gasteiger partial charge in [-0.25, -0.2) is 0 Å². The summed E-state index contributed by atoms with van der Waals surface area (Å²) in [5.74, 6) is 0.0296.